The van der Waals surface area contributed by atoms with Gasteiger partial charge in [0.25, 0.3) is 5.89 Å². The van der Waals surface area contributed by atoms with Gasteiger partial charge in [-0.05, 0) is 32.0 Å². The molecule has 0 radical (unpaired) electrons. The van der Waals surface area contributed by atoms with E-state index in [4.69, 9.17) is 4.52 Å². The highest BCUT2D eigenvalue weighted by atomic mass is 32.2. The first-order valence-electron chi connectivity index (χ1n) is 7.99. The molecule has 0 amide bonds. The Kier molecular flexibility index (Phi) is 4.98. The molecule has 1 aromatic carbocycles. The molecule has 0 bridgehead atoms. The molecule has 24 heavy (non-hydrogen) atoms. The van der Waals surface area contributed by atoms with Gasteiger partial charge < -0.3 is 4.52 Å². The SMILES string of the molecule is Cc1ccc(-c2nc(CN3CCCN(S(C)(=O)=O)CC3)no2)cc1. The van der Waals surface area contributed by atoms with Crippen molar-refractivity contribution >= 4 is 10.0 Å². The molecule has 1 saturated heterocycles. The van der Waals surface area contributed by atoms with E-state index in [9.17, 15) is 8.42 Å². The van der Waals surface area contributed by atoms with Gasteiger partial charge in [0, 0.05) is 25.2 Å². The molecular formula is C16H22N4O3S. The summed E-state index contributed by atoms with van der Waals surface area (Å²) in [6, 6.07) is 7.94. The van der Waals surface area contributed by atoms with Crippen LogP contribution in [0.25, 0.3) is 11.5 Å². The summed E-state index contributed by atoms with van der Waals surface area (Å²) in [5.74, 6) is 1.14. The molecule has 2 aromatic rings. The molecule has 0 saturated carbocycles. The average Bonchev–Trinajstić information content (AvgIpc) is 2.84. The van der Waals surface area contributed by atoms with Crippen molar-refractivity contribution in [2.45, 2.75) is 19.9 Å². The zero-order chi connectivity index (χ0) is 17.2. The van der Waals surface area contributed by atoms with Crippen molar-refractivity contribution in [2.75, 3.05) is 32.4 Å². The van der Waals surface area contributed by atoms with E-state index in [-0.39, 0.29) is 0 Å². The molecule has 0 N–H and O–H groups in total. The lowest BCUT2D eigenvalue weighted by Crippen LogP contribution is -2.34. The third kappa shape index (κ3) is 4.19. The third-order valence-electron chi connectivity index (χ3n) is 4.15. The quantitative estimate of drug-likeness (QED) is 0.832. The molecule has 7 nitrogen and oxygen atoms in total. The molecule has 1 aromatic heterocycles. The number of hydrogen-bond acceptors (Lipinski definition) is 6. The van der Waals surface area contributed by atoms with Crippen molar-refractivity contribution in [2.24, 2.45) is 0 Å². The van der Waals surface area contributed by atoms with E-state index < -0.39 is 10.0 Å². The zero-order valence-electron chi connectivity index (χ0n) is 14.0. The molecule has 0 unspecified atom stereocenters. The molecule has 0 spiro atoms. The second kappa shape index (κ2) is 7.00. The highest BCUT2D eigenvalue weighted by molar-refractivity contribution is 7.88. The van der Waals surface area contributed by atoms with Gasteiger partial charge in [0.1, 0.15) is 0 Å². The van der Waals surface area contributed by atoms with Gasteiger partial charge in [0.15, 0.2) is 5.82 Å². The molecular weight excluding hydrogens is 328 g/mol. The summed E-state index contributed by atoms with van der Waals surface area (Å²) in [6.07, 6.45) is 2.06. The van der Waals surface area contributed by atoms with Crippen LogP contribution in [-0.2, 0) is 16.6 Å². The summed E-state index contributed by atoms with van der Waals surface area (Å²) in [7, 11) is -3.12. The minimum atomic E-state index is -3.12. The number of rotatable bonds is 4. The van der Waals surface area contributed by atoms with E-state index in [1.807, 2.05) is 31.2 Å². The van der Waals surface area contributed by atoms with Crippen LogP contribution in [-0.4, -0.2) is 60.2 Å². The van der Waals surface area contributed by atoms with E-state index in [1.165, 1.54) is 16.1 Å². The molecule has 0 aliphatic carbocycles. The number of sulfonamides is 1. The van der Waals surface area contributed by atoms with Crippen LogP contribution in [0.4, 0.5) is 0 Å². The van der Waals surface area contributed by atoms with E-state index in [0.717, 1.165) is 18.5 Å². The fourth-order valence-electron chi connectivity index (χ4n) is 2.77. The van der Waals surface area contributed by atoms with E-state index >= 15 is 0 Å². The van der Waals surface area contributed by atoms with Crippen molar-refractivity contribution < 1.29 is 12.9 Å². The number of nitrogens with zero attached hydrogens (tertiary/aromatic N) is 4. The normalized spacial score (nSPS) is 17.8. The lowest BCUT2D eigenvalue weighted by Gasteiger charge is -2.18. The Morgan fingerprint density at radius 2 is 1.88 bits per heavy atom. The molecule has 1 aliphatic heterocycles. The van der Waals surface area contributed by atoms with Gasteiger partial charge in [-0.15, -0.1) is 0 Å². The fourth-order valence-corrected chi connectivity index (χ4v) is 3.64. The fraction of sp³-hybridized carbons (Fsp3) is 0.500. The number of benzene rings is 1. The average molecular weight is 350 g/mol. The van der Waals surface area contributed by atoms with Crippen LogP contribution in [0.2, 0.25) is 0 Å². The minimum absolute atomic E-state index is 0.501. The summed E-state index contributed by atoms with van der Waals surface area (Å²) in [6.45, 7) is 5.15. The van der Waals surface area contributed by atoms with Crippen LogP contribution < -0.4 is 0 Å². The molecule has 2 heterocycles. The highest BCUT2D eigenvalue weighted by Crippen LogP contribution is 2.18. The van der Waals surface area contributed by atoms with Crippen LogP contribution in [0.1, 0.15) is 17.8 Å². The maximum Gasteiger partial charge on any atom is 0.257 e. The van der Waals surface area contributed by atoms with Gasteiger partial charge in [0.05, 0.1) is 12.8 Å². The van der Waals surface area contributed by atoms with Crippen molar-refractivity contribution in [3.05, 3.63) is 35.7 Å². The molecule has 130 valence electrons. The highest BCUT2D eigenvalue weighted by Gasteiger charge is 2.22. The summed E-state index contributed by atoms with van der Waals surface area (Å²) < 4.78 is 30.2. The predicted molar refractivity (Wildman–Crippen MR) is 90.8 cm³/mol. The first-order chi connectivity index (χ1) is 11.4. The lowest BCUT2D eigenvalue weighted by atomic mass is 10.1. The van der Waals surface area contributed by atoms with Crippen molar-refractivity contribution in [1.82, 2.24) is 19.3 Å². The Hall–Kier alpha value is -1.77. The minimum Gasteiger partial charge on any atom is -0.334 e. The summed E-state index contributed by atoms with van der Waals surface area (Å²) in [5, 5.41) is 4.05. The number of aryl methyl sites for hydroxylation is 1. The monoisotopic (exact) mass is 350 g/mol. The van der Waals surface area contributed by atoms with Crippen molar-refractivity contribution in [3.8, 4) is 11.5 Å². The van der Waals surface area contributed by atoms with Gasteiger partial charge in [-0.2, -0.15) is 4.98 Å². The summed E-state index contributed by atoms with van der Waals surface area (Å²) >= 11 is 0. The molecule has 1 fully saturated rings. The maximum absolute atomic E-state index is 11.7. The summed E-state index contributed by atoms with van der Waals surface area (Å²) in [4.78, 5) is 6.61. The predicted octanol–water partition coefficient (Wildman–Crippen LogP) is 1.51. The van der Waals surface area contributed by atoms with Crippen LogP contribution in [0.5, 0.6) is 0 Å². The Morgan fingerprint density at radius 3 is 2.58 bits per heavy atom. The number of hydrogen-bond donors (Lipinski definition) is 0. The van der Waals surface area contributed by atoms with Gasteiger partial charge in [-0.25, -0.2) is 12.7 Å². The second-order valence-corrected chi connectivity index (χ2v) is 8.16. The van der Waals surface area contributed by atoms with Crippen LogP contribution in [0.15, 0.2) is 28.8 Å². The van der Waals surface area contributed by atoms with Gasteiger partial charge in [-0.3, -0.25) is 4.90 Å². The van der Waals surface area contributed by atoms with Gasteiger partial charge in [-0.1, -0.05) is 22.9 Å². The maximum atomic E-state index is 11.7. The Balaban J connectivity index is 1.63. The Labute approximate surface area is 142 Å². The molecule has 8 heteroatoms. The van der Waals surface area contributed by atoms with Crippen molar-refractivity contribution in [1.29, 1.82) is 0 Å². The standard InChI is InChI=1S/C16H22N4O3S/c1-13-4-6-14(7-5-13)16-17-15(18-23-16)12-19-8-3-9-20(11-10-19)24(2,21)22/h4-7H,3,8-12H2,1-2H3. The van der Waals surface area contributed by atoms with Gasteiger partial charge in [0.2, 0.25) is 10.0 Å². The van der Waals surface area contributed by atoms with E-state index in [2.05, 4.69) is 15.0 Å². The van der Waals surface area contributed by atoms with E-state index in [0.29, 0.717) is 37.9 Å². The first-order valence-corrected chi connectivity index (χ1v) is 9.84. The molecule has 1 aliphatic rings. The lowest BCUT2D eigenvalue weighted by molar-refractivity contribution is 0.267. The van der Waals surface area contributed by atoms with Crippen LogP contribution in [0.3, 0.4) is 0 Å². The van der Waals surface area contributed by atoms with Crippen LogP contribution in [0, 0.1) is 6.92 Å². The number of aromatic nitrogens is 2. The smallest absolute Gasteiger partial charge is 0.257 e. The Bertz CT molecular complexity index is 786. The van der Waals surface area contributed by atoms with Gasteiger partial charge >= 0.3 is 0 Å². The molecule has 0 atom stereocenters. The largest absolute Gasteiger partial charge is 0.334 e. The van der Waals surface area contributed by atoms with E-state index in [1.54, 1.807) is 0 Å². The molecule has 3 rings (SSSR count). The van der Waals surface area contributed by atoms with Crippen LogP contribution >= 0.6 is 0 Å². The Morgan fingerprint density at radius 1 is 1.12 bits per heavy atom. The van der Waals surface area contributed by atoms with Crippen molar-refractivity contribution in [3.63, 3.8) is 0 Å². The second-order valence-electron chi connectivity index (χ2n) is 6.17. The summed E-state index contributed by atoms with van der Waals surface area (Å²) in [5.41, 5.74) is 2.08. The topological polar surface area (TPSA) is 79.5 Å². The zero-order valence-corrected chi connectivity index (χ0v) is 14.8. The first kappa shape index (κ1) is 17.1. The third-order valence-corrected chi connectivity index (χ3v) is 5.45.